The summed E-state index contributed by atoms with van der Waals surface area (Å²) in [4.78, 5) is 13.3. The van der Waals surface area contributed by atoms with Gasteiger partial charge in [-0.3, -0.25) is 4.79 Å². The first-order chi connectivity index (χ1) is 7.63. The minimum Gasteiger partial charge on any atom is -0.310 e. The van der Waals surface area contributed by atoms with Crippen molar-refractivity contribution in [1.82, 2.24) is 0 Å². The molecular weight excluding hydrogens is 224 g/mol. The zero-order chi connectivity index (χ0) is 11.7. The highest BCUT2D eigenvalue weighted by Gasteiger charge is 2.30. The van der Waals surface area contributed by atoms with Crippen molar-refractivity contribution in [2.75, 3.05) is 11.4 Å². The van der Waals surface area contributed by atoms with E-state index in [-0.39, 0.29) is 11.3 Å². The molecule has 1 aliphatic heterocycles. The molecule has 1 amide bonds. The predicted octanol–water partition coefficient (Wildman–Crippen LogP) is 2.21. The Bertz CT molecular complexity index is 478. The number of carbonyl (C=O) groups is 1. The number of alkyl halides is 1. The average Bonchev–Trinajstić information content (AvgIpc) is 2.57. The highest BCUT2D eigenvalue weighted by Crippen LogP contribution is 2.28. The van der Waals surface area contributed by atoms with E-state index < -0.39 is 0 Å². The van der Waals surface area contributed by atoms with Crippen LogP contribution < -0.4 is 4.90 Å². The van der Waals surface area contributed by atoms with Crippen molar-refractivity contribution >= 4 is 23.2 Å². The first-order valence-electron chi connectivity index (χ1n) is 5.07. The molecule has 3 nitrogen and oxygen atoms in total. The predicted molar refractivity (Wildman–Crippen MR) is 62.5 cm³/mol. The number of halogens is 1. The van der Waals surface area contributed by atoms with E-state index in [1.165, 1.54) is 0 Å². The summed E-state index contributed by atoms with van der Waals surface area (Å²) in [5.74, 6) is -0.0119. The van der Waals surface area contributed by atoms with E-state index in [1.807, 2.05) is 19.1 Å². The lowest BCUT2D eigenvalue weighted by molar-refractivity contribution is -0.117. The molecule has 0 spiro atoms. The molecule has 1 heterocycles. The van der Waals surface area contributed by atoms with Gasteiger partial charge in [-0.25, -0.2) is 0 Å². The van der Waals surface area contributed by atoms with Crippen LogP contribution in [0.4, 0.5) is 5.69 Å². The van der Waals surface area contributed by atoms with Crippen molar-refractivity contribution in [3.63, 3.8) is 0 Å². The Kier molecular flexibility index (Phi) is 2.84. The van der Waals surface area contributed by atoms with Crippen LogP contribution in [0, 0.1) is 18.3 Å². The number of aryl methyl sites for hydroxylation is 1. The summed E-state index contributed by atoms with van der Waals surface area (Å²) in [6, 6.07) is 7.64. The zero-order valence-corrected chi connectivity index (χ0v) is 9.66. The monoisotopic (exact) mass is 234 g/mol. The second kappa shape index (κ2) is 4.15. The number of carbonyl (C=O) groups excluding carboxylic acids is 1. The van der Waals surface area contributed by atoms with Gasteiger partial charge in [0.25, 0.3) is 0 Å². The fourth-order valence-electron chi connectivity index (χ4n) is 1.92. The van der Waals surface area contributed by atoms with Crippen LogP contribution in [0.2, 0.25) is 0 Å². The van der Waals surface area contributed by atoms with Crippen LogP contribution in [-0.2, 0) is 4.79 Å². The number of rotatable bonds is 1. The first kappa shape index (κ1) is 11.0. The van der Waals surface area contributed by atoms with Crippen molar-refractivity contribution < 1.29 is 4.79 Å². The molecule has 1 atom stereocenters. The molecule has 1 fully saturated rings. The third kappa shape index (κ3) is 1.77. The van der Waals surface area contributed by atoms with E-state index in [4.69, 9.17) is 16.9 Å². The van der Waals surface area contributed by atoms with Gasteiger partial charge in [-0.05, 0) is 18.6 Å². The molecule has 1 unspecified atom stereocenters. The minimum absolute atomic E-state index is 0.0119. The lowest BCUT2D eigenvalue weighted by atomic mass is 10.1. The van der Waals surface area contributed by atoms with Gasteiger partial charge < -0.3 is 4.90 Å². The van der Waals surface area contributed by atoms with Crippen molar-refractivity contribution in [3.8, 4) is 6.07 Å². The summed E-state index contributed by atoms with van der Waals surface area (Å²) in [5.41, 5.74) is 2.11. The number of nitrogens with zero attached hydrogens (tertiary/aromatic N) is 2. The smallest absolute Gasteiger partial charge is 0.228 e. The van der Waals surface area contributed by atoms with E-state index in [9.17, 15) is 4.79 Å². The number of nitriles is 1. The van der Waals surface area contributed by atoms with Gasteiger partial charge in [-0.15, -0.1) is 11.6 Å². The molecule has 0 aromatic heterocycles. The van der Waals surface area contributed by atoms with Gasteiger partial charge in [0.15, 0.2) is 0 Å². The lowest BCUT2D eigenvalue weighted by Gasteiger charge is -2.18. The van der Waals surface area contributed by atoms with Crippen molar-refractivity contribution in [2.24, 2.45) is 0 Å². The van der Waals surface area contributed by atoms with Crippen LogP contribution in [0.5, 0.6) is 0 Å². The average molecular weight is 235 g/mol. The molecule has 2 rings (SSSR count). The molecule has 0 N–H and O–H groups in total. The Labute approximate surface area is 99.2 Å². The molecular formula is C12H11ClN2O. The number of hydrogen-bond donors (Lipinski definition) is 0. The number of benzene rings is 1. The fraction of sp³-hybridized carbons (Fsp3) is 0.333. The van der Waals surface area contributed by atoms with E-state index in [0.717, 1.165) is 5.56 Å². The van der Waals surface area contributed by atoms with Gasteiger partial charge in [0.2, 0.25) is 5.91 Å². The van der Waals surface area contributed by atoms with Crippen LogP contribution in [0.1, 0.15) is 17.5 Å². The van der Waals surface area contributed by atoms with Crippen molar-refractivity contribution in [3.05, 3.63) is 29.3 Å². The summed E-state index contributed by atoms with van der Waals surface area (Å²) < 4.78 is 0. The normalized spacial score (nSPS) is 19.9. The molecule has 0 saturated carbocycles. The van der Waals surface area contributed by atoms with Gasteiger partial charge >= 0.3 is 0 Å². The van der Waals surface area contributed by atoms with E-state index in [0.29, 0.717) is 24.2 Å². The maximum Gasteiger partial charge on any atom is 0.228 e. The second-order valence-electron chi connectivity index (χ2n) is 3.89. The molecule has 4 heteroatoms. The maximum atomic E-state index is 11.7. The standard InChI is InChI=1S/C12H11ClN2O/c1-8-3-2-4-11(10(8)6-14)15-7-9(13)5-12(15)16/h2-4,9H,5,7H2,1H3. The van der Waals surface area contributed by atoms with Gasteiger partial charge in [-0.1, -0.05) is 12.1 Å². The van der Waals surface area contributed by atoms with Gasteiger partial charge in [0.1, 0.15) is 6.07 Å². The van der Waals surface area contributed by atoms with Gasteiger partial charge in [0.05, 0.1) is 16.6 Å². The largest absolute Gasteiger partial charge is 0.310 e. The van der Waals surface area contributed by atoms with E-state index >= 15 is 0 Å². The Balaban J connectivity index is 2.45. The Morgan fingerprint density at radius 2 is 2.31 bits per heavy atom. The van der Waals surface area contributed by atoms with Crippen LogP contribution >= 0.6 is 11.6 Å². The molecule has 0 aliphatic carbocycles. The van der Waals surface area contributed by atoms with Gasteiger partial charge in [-0.2, -0.15) is 5.26 Å². The fourth-order valence-corrected chi connectivity index (χ4v) is 2.19. The number of amides is 1. The van der Waals surface area contributed by atoms with Crippen LogP contribution in [-0.4, -0.2) is 17.8 Å². The van der Waals surface area contributed by atoms with Crippen molar-refractivity contribution in [1.29, 1.82) is 5.26 Å². The van der Waals surface area contributed by atoms with E-state index in [1.54, 1.807) is 11.0 Å². The molecule has 1 aromatic carbocycles. The molecule has 1 aliphatic rings. The summed E-state index contributed by atoms with van der Waals surface area (Å²) in [7, 11) is 0. The first-order valence-corrected chi connectivity index (χ1v) is 5.51. The maximum absolute atomic E-state index is 11.7. The highest BCUT2D eigenvalue weighted by molar-refractivity contribution is 6.24. The highest BCUT2D eigenvalue weighted by atomic mass is 35.5. The molecule has 1 aromatic rings. The van der Waals surface area contributed by atoms with Gasteiger partial charge in [0, 0.05) is 13.0 Å². The van der Waals surface area contributed by atoms with E-state index in [2.05, 4.69) is 6.07 Å². The zero-order valence-electron chi connectivity index (χ0n) is 8.90. The summed E-state index contributed by atoms with van der Waals surface area (Å²) in [6.45, 7) is 2.35. The summed E-state index contributed by atoms with van der Waals surface area (Å²) in [6.07, 6.45) is 0.348. The molecule has 16 heavy (non-hydrogen) atoms. The van der Waals surface area contributed by atoms with Crippen LogP contribution in [0.3, 0.4) is 0 Å². The number of hydrogen-bond acceptors (Lipinski definition) is 2. The third-order valence-corrected chi connectivity index (χ3v) is 3.02. The molecule has 82 valence electrons. The van der Waals surface area contributed by atoms with Crippen LogP contribution in [0.15, 0.2) is 18.2 Å². The molecule has 0 radical (unpaired) electrons. The van der Waals surface area contributed by atoms with Crippen LogP contribution in [0.25, 0.3) is 0 Å². The lowest BCUT2D eigenvalue weighted by Crippen LogP contribution is -2.25. The summed E-state index contributed by atoms with van der Waals surface area (Å²) >= 11 is 5.94. The molecule has 0 bridgehead atoms. The Hall–Kier alpha value is -1.53. The topological polar surface area (TPSA) is 44.1 Å². The Morgan fingerprint density at radius 1 is 1.56 bits per heavy atom. The SMILES string of the molecule is Cc1cccc(N2CC(Cl)CC2=O)c1C#N. The quantitative estimate of drug-likeness (QED) is 0.700. The summed E-state index contributed by atoms with van der Waals surface area (Å²) in [5, 5.41) is 8.94. The Morgan fingerprint density at radius 3 is 2.88 bits per heavy atom. The third-order valence-electron chi connectivity index (χ3n) is 2.73. The molecule has 1 saturated heterocycles. The second-order valence-corrected chi connectivity index (χ2v) is 4.50. The number of anilines is 1. The minimum atomic E-state index is -0.153. The van der Waals surface area contributed by atoms with Crippen molar-refractivity contribution in [2.45, 2.75) is 18.7 Å².